The standard InChI is InChI=1S/C29H39NO4Si/c1-28(2,3)34-27(32)30-25(24(19-26(30)31)21-17-18-21)20-33-35(29(4,5)6,22-13-9-7-10-14-22)23-15-11-8-12-16-23/h7-16,21,24-25H,17-20H2,1-6H3/t24-,25-/m0/s1. The van der Waals surface area contributed by atoms with E-state index in [1.54, 1.807) is 0 Å². The molecule has 2 aliphatic rings. The van der Waals surface area contributed by atoms with E-state index in [0.717, 1.165) is 12.8 Å². The minimum absolute atomic E-state index is 0.119. The lowest BCUT2D eigenvalue weighted by Gasteiger charge is -2.44. The van der Waals surface area contributed by atoms with Gasteiger partial charge in [-0.15, -0.1) is 0 Å². The zero-order valence-corrected chi connectivity index (χ0v) is 22.9. The molecule has 6 heteroatoms. The highest BCUT2D eigenvalue weighted by Crippen LogP contribution is 2.46. The van der Waals surface area contributed by atoms with Crippen LogP contribution in [0.3, 0.4) is 0 Å². The molecule has 1 heterocycles. The van der Waals surface area contributed by atoms with E-state index in [9.17, 15) is 9.59 Å². The lowest BCUT2D eigenvalue weighted by atomic mass is 9.95. The van der Waals surface area contributed by atoms with Crippen molar-refractivity contribution in [3.63, 3.8) is 0 Å². The largest absolute Gasteiger partial charge is 0.443 e. The Morgan fingerprint density at radius 2 is 1.43 bits per heavy atom. The maximum atomic E-state index is 13.2. The van der Waals surface area contributed by atoms with Gasteiger partial charge in [0.2, 0.25) is 5.91 Å². The van der Waals surface area contributed by atoms with E-state index < -0.39 is 20.0 Å². The Morgan fingerprint density at radius 1 is 0.914 bits per heavy atom. The summed E-state index contributed by atoms with van der Waals surface area (Å²) in [5.74, 6) is 0.444. The topological polar surface area (TPSA) is 55.8 Å². The fraction of sp³-hybridized carbons (Fsp3) is 0.517. The quantitative estimate of drug-likeness (QED) is 0.524. The predicted octanol–water partition coefficient (Wildman–Crippen LogP) is 5.13. The molecule has 2 amide bonds. The molecule has 4 rings (SSSR count). The number of amides is 2. The van der Waals surface area contributed by atoms with Crippen molar-refractivity contribution in [2.75, 3.05) is 6.61 Å². The van der Waals surface area contributed by atoms with Crippen LogP contribution in [0.4, 0.5) is 4.79 Å². The zero-order valence-electron chi connectivity index (χ0n) is 21.9. The summed E-state index contributed by atoms with van der Waals surface area (Å²) in [4.78, 5) is 27.6. The molecule has 2 aromatic carbocycles. The van der Waals surface area contributed by atoms with E-state index in [1.807, 2.05) is 32.9 Å². The third-order valence-electron chi connectivity index (χ3n) is 7.21. The first-order chi connectivity index (χ1) is 16.4. The number of hydrogen-bond donors (Lipinski definition) is 0. The van der Waals surface area contributed by atoms with Crippen molar-refractivity contribution in [3.05, 3.63) is 60.7 Å². The average Bonchev–Trinajstić information content (AvgIpc) is 3.56. The second-order valence-electron chi connectivity index (χ2n) is 12.0. The Labute approximate surface area is 210 Å². The van der Waals surface area contributed by atoms with Crippen molar-refractivity contribution in [2.45, 2.75) is 77.5 Å². The SMILES string of the molecule is CC(C)(C)OC(=O)N1C(=O)C[C@@H](C2CC2)[C@@H]1CO[Si](c1ccccc1)(c1ccccc1)C(C)(C)C. The number of likely N-dealkylation sites (tertiary alicyclic amines) is 1. The number of benzene rings is 2. The van der Waals surface area contributed by atoms with Gasteiger partial charge in [0.25, 0.3) is 8.32 Å². The Morgan fingerprint density at radius 3 is 1.86 bits per heavy atom. The zero-order chi connectivity index (χ0) is 25.4. The van der Waals surface area contributed by atoms with Gasteiger partial charge in [-0.1, -0.05) is 81.4 Å². The molecule has 0 bridgehead atoms. The molecule has 1 aliphatic carbocycles. The van der Waals surface area contributed by atoms with Crippen LogP contribution in [-0.4, -0.2) is 43.5 Å². The smallest absolute Gasteiger partial charge is 0.417 e. The third-order valence-corrected chi connectivity index (χ3v) is 12.2. The number of carbonyl (C=O) groups is 2. The molecule has 2 fully saturated rings. The van der Waals surface area contributed by atoms with E-state index >= 15 is 0 Å². The van der Waals surface area contributed by atoms with Crippen LogP contribution >= 0.6 is 0 Å². The molecule has 1 saturated carbocycles. The molecule has 1 saturated heterocycles. The summed E-state index contributed by atoms with van der Waals surface area (Å²) in [7, 11) is -2.78. The summed E-state index contributed by atoms with van der Waals surface area (Å²) in [5, 5.41) is 2.20. The number of nitrogens with zero attached hydrogens (tertiary/aromatic N) is 1. The first kappa shape index (κ1) is 25.6. The fourth-order valence-electron chi connectivity index (χ4n) is 5.54. The van der Waals surface area contributed by atoms with Gasteiger partial charge in [-0.25, -0.2) is 9.69 Å². The highest BCUT2D eigenvalue weighted by Gasteiger charge is 2.54. The molecule has 5 nitrogen and oxygen atoms in total. The summed E-state index contributed by atoms with van der Waals surface area (Å²) in [6.45, 7) is 12.5. The van der Waals surface area contributed by atoms with Crippen molar-refractivity contribution in [1.29, 1.82) is 0 Å². The number of hydrogen-bond acceptors (Lipinski definition) is 4. The molecule has 0 radical (unpaired) electrons. The number of imide groups is 1. The Kier molecular flexibility index (Phi) is 6.99. The minimum atomic E-state index is -2.78. The van der Waals surface area contributed by atoms with Crippen LogP contribution in [-0.2, 0) is 14.0 Å². The van der Waals surface area contributed by atoms with Gasteiger partial charge in [0.1, 0.15) is 5.60 Å². The summed E-state index contributed by atoms with van der Waals surface area (Å²) >= 11 is 0. The molecule has 2 aromatic rings. The summed E-state index contributed by atoms with van der Waals surface area (Å²) in [6, 6.07) is 20.6. The van der Waals surface area contributed by atoms with Crippen LogP contribution in [0.1, 0.15) is 60.8 Å². The van der Waals surface area contributed by atoms with Gasteiger partial charge in [0.15, 0.2) is 0 Å². The molecule has 2 atom stereocenters. The molecule has 188 valence electrons. The molecule has 0 spiro atoms. The van der Waals surface area contributed by atoms with Crippen LogP contribution in [0.25, 0.3) is 0 Å². The molecule has 0 aromatic heterocycles. The number of carbonyl (C=O) groups excluding carboxylic acids is 2. The van der Waals surface area contributed by atoms with Crippen molar-refractivity contribution < 1.29 is 18.8 Å². The normalized spacial score (nSPS) is 21.3. The van der Waals surface area contributed by atoms with E-state index in [1.165, 1.54) is 15.3 Å². The van der Waals surface area contributed by atoms with Gasteiger partial charge in [0.05, 0.1) is 12.6 Å². The molecule has 1 aliphatic heterocycles. The average molecular weight is 494 g/mol. The second-order valence-corrected chi connectivity index (χ2v) is 16.3. The number of rotatable bonds is 6. The van der Waals surface area contributed by atoms with Crippen LogP contribution in [0.15, 0.2) is 60.7 Å². The van der Waals surface area contributed by atoms with E-state index in [2.05, 4.69) is 69.3 Å². The Bertz CT molecular complexity index is 998. The van der Waals surface area contributed by atoms with E-state index in [0.29, 0.717) is 18.9 Å². The molecule has 0 N–H and O–H groups in total. The summed E-state index contributed by atoms with van der Waals surface area (Å²) in [5.41, 5.74) is -0.668. The molecule has 35 heavy (non-hydrogen) atoms. The first-order valence-corrected chi connectivity index (χ1v) is 14.6. The highest BCUT2D eigenvalue weighted by atomic mass is 28.4. The van der Waals surface area contributed by atoms with E-state index in [-0.39, 0.29) is 22.9 Å². The predicted molar refractivity (Wildman–Crippen MR) is 141 cm³/mol. The summed E-state index contributed by atoms with van der Waals surface area (Å²) < 4.78 is 12.8. The van der Waals surface area contributed by atoms with Gasteiger partial charge >= 0.3 is 6.09 Å². The van der Waals surface area contributed by atoms with E-state index in [4.69, 9.17) is 9.16 Å². The number of ether oxygens (including phenoxy) is 1. The highest BCUT2D eigenvalue weighted by molar-refractivity contribution is 6.99. The maximum Gasteiger partial charge on any atom is 0.417 e. The van der Waals surface area contributed by atoms with Crippen molar-refractivity contribution in [3.8, 4) is 0 Å². The van der Waals surface area contributed by atoms with Crippen LogP contribution in [0.5, 0.6) is 0 Å². The lowest BCUT2D eigenvalue weighted by molar-refractivity contribution is -0.128. The molecule has 0 unspecified atom stereocenters. The molecular weight excluding hydrogens is 454 g/mol. The third kappa shape index (κ3) is 5.24. The van der Waals surface area contributed by atoms with Crippen LogP contribution in [0, 0.1) is 11.8 Å². The van der Waals surface area contributed by atoms with Gasteiger partial charge in [0, 0.05) is 6.42 Å². The van der Waals surface area contributed by atoms with Crippen LogP contribution < -0.4 is 10.4 Å². The first-order valence-electron chi connectivity index (χ1n) is 12.7. The Hall–Kier alpha value is -2.44. The monoisotopic (exact) mass is 493 g/mol. The fourth-order valence-corrected chi connectivity index (χ4v) is 10.1. The van der Waals surface area contributed by atoms with Crippen molar-refractivity contribution >= 4 is 30.7 Å². The summed E-state index contributed by atoms with van der Waals surface area (Å²) in [6.07, 6.45) is 2.05. The second kappa shape index (κ2) is 9.55. The van der Waals surface area contributed by atoms with Gasteiger partial charge in [-0.05, 0) is 60.9 Å². The van der Waals surface area contributed by atoms with Gasteiger partial charge in [-0.2, -0.15) is 0 Å². The molecular formula is C29H39NO4Si. The maximum absolute atomic E-state index is 13.2. The lowest BCUT2D eigenvalue weighted by Crippen LogP contribution is -2.67. The Balaban J connectivity index is 1.74. The minimum Gasteiger partial charge on any atom is -0.443 e. The van der Waals surface area contributed by atoms with Crippen LogP contribution in [0.2, 0.25) is 5.04 Å². The van der Waals surface area contributed by atoms with Crippen molar-refractivity contribution in [1.82, 2.24) is 4.90 Å². The van der Waals surface area contributed by atoms with Crippen molar-refractivity contribution in [2.24, 2.45) is 11.8 Å². The van der Waals surface area contributed by atoms with Gasteiger partial charge < -0.3 is 9.16 Å². The van der Waals surface area contributed by atoms with Gasteiger partial charge in [-0.3, -0.25) is 4.79 Å².